The first-order chi connectivity index (χ1) is 12.1. The third-order valence-corrected chi connectivity index (χ3v) is 4.12. The van der Waals surface area contributed by atoms with Gasteiger partial charge in [0.15, 0.2) is 10.8 Å². The predicted molar refractivity (Wildman–Crippen MR) is 96.1 cm³/mol. The molecule has 0 aliphatic heterocycles. The minimum Gasteiger partial charge on any atom is -0.454 e. The Balaban J connectivity index is 1.70. The molecule has 3 rings (SSSR count). The quantitative estimate of drug-likeness (QED) is 0.539. The van der Waals surface area contributed by atoms with E-state index >= 15 is 0 Å². The molecule has 0 unspecified atom stereocenters. The van der Waals surface area contributed by atoms with Crippen molar-refractivity contribution in [2.75, 3.05) is 11.9 Å². The van der Waals surface area contributed by atoms with Crippen LogP contribution in [-0.2, 0) is 11.3 Å². The van der Waals surface area contributed by atoms with Gasteiger partial charge < -0.3 is 10.1 Å². The number of ether oxygens (including phenoxy) is 1. The summed E-state index contributed by atoms with van der Waals surface area (Å²) in [5.41, 5.74) is 1.85. The number of aryl methyl sites for hydroxylation is 1. The molecule has 0 aliphatic carbocycles. The maximum absolute atomic E-state index is 12.1. The number of anilines is 1. The summed E-state index contributed by atoms with van der Waals surface area (Å²) in [5.74, 6) is -0.561. The van der Waals surface area contributed by atoms with Gasteiger partial charge in [-0.15, -0.1) is 17.9 Å². The molecule has 0 saturated carbocycles. The van der Waals surface area contributed by atoms with E-state index in [2.05, 4.69) is 21.9 Å². The molecule has 0 spiro atoms. The lowest BCUT2D eigenvalue weighted by molar-refractivity contribution is 0.0462. The molecule has 3 aromatic heterocycles. The topological polar surface area (TPSA) is 85.6 Å². The molecule has 0 aliphatic rings. The first-order valence-electron chi connectivity index (χ1n) is 7.53. The molecule has 0 fully saturated rings. The molecule has 0 aromatic carbocycles. The van der Waals surface area contributed by atoms with Crippen LogP contribution in [0.25, 0.3) is 5.65 Å². The number of hydrogen-bond acceptors (Lipinski definition) is 7. The van der Waals surface area contributed by atoms with E-state index in [1.165, 1.54) is 21.8 Å². The summed E-state index contributed by atoms with van der Waals surface area (Å²) in [6, 6.07) is 4.97. The van der Waals surface area contributed by atoms with Crippen LogP contribution >= 0.6 is 11.3 Å². The number of pyridine rings is 1. The number of carbonyl (C=O) groups excluding carboxylic acids is 1. The molecule has 3 aromatic rings. The summed E-state index contributed by atoms with van der Waals surface area (Å²) in [5, 5.41) is 5.23. The van der Waals surface area contributed by atoms with Crippen molar-refractivity contribution in [3.63, 3.8) is 0 Å². The van der Waals surface area contributed by atoms with Gasteiger partial charge >= 0.3 is 5.97 Å². The largest absolute Gasteiger partial charge is 0.454 e. The summed E-state index contributed by atoms with van der Waals surface area (Å²) in [7, 11) is 0. The van der Waals surface area contributed by atoms with E-state index in [1.54, 1.807) is 23.7 Å². The van der Waals surface area contributed by atoms with Crippen LogP contribution in [0.4, 0.5) is 5.13 Å². The molecule has 0 amide bonds. The monoisotopic (exact) mass is 356 g/mol. The minimum absolute atomic E-state index is 0.0919. The Labute approximate surface area is 147 Å². The second kappa shape index (κ2) is 7.27. The highest BCUT2D eigenvalue weighted by Crippen LogP contribution is 2.16. The Morgan fingerprint density at radius 2 is 2.28 bits per heavy atom. The summed E-state index contributed by atoms with van der Waals surface area (Å²) in [6.07, 6.45) is 3.41. The zero-order chi connectivity index (χ0) is 17.8. The van der Waals surface area contributed by atoms with Gasteiger partial charge in [0.1, 0.15) is 12.3 Å². The molecule has 7 nitrogen and oxygen atoms in total. The smallest absolute Gasteiger partial charge is 0.358 e. The number of carbonyl (C=O) groups is 1. The highest BCUT2D eigenvalue weighted by atomic mass is 32.1. The van der Waals surface area contributed by atoms with E-state index in [-0.39, 0.29) is 17.9 Å². The highest BCUT2D eigenvalue weighted by Gasteiger charge is 2.13. The Morgan fingerprint density at radius 1 is 1.44 bits per heavy atom. The molecule has 0 saturated heterocycles. The fourth-order valence-electron chi connectivity index (χ4n) is 2.15. The van der Waals surface area contributed by atoms with Gasteiger partial charge in [-0.1, -0.05) is 12.1 Å². The maximum atomic E-state index is 12.1. The van der Waals surface area contributed by atoms with Crippen LogP contribution in [-0.4, -0.2) is 26.9 Å². The average molecular weight is 356 g/mol. The minimum atomic E-state index is -0.561. The van der Waals surface area contributed by atoms with Crippen LogP contribution in [0.2, 0.25) is 0 Å². The van der Waals surface area contributed by atoms with Gasteiger partial charge in [0.2, 0.25) is 0 Å². The fraction of sp³-hybridized carbons (Fsp3) is 0.176. The van der Waals surface area contributed by atoms with Gasteiger partial charge in [-0.2, -0.15) is 0 Å². The normalized spacial score (nSPS) is 10.6. The van der Waals surface area contributed by atoms with Gasteiger partial charge in [0, 0.05) is 24.2 Å². The van der Waals surface area contributed by atoms with E-state index < -0.39 is 5.97 Å². The molecule has 1 N–H and O–H groups in total. The Hall–Kier alpha value is -3.00. The van der Waals surface area contributed by atoms with Crippen molar-refractivity contribution in [1.82, 2.24) is 14.4 Å². The maximum Gasteiger partial charge on any atom is 0.358 e. The Bertz CT molecular complexity index is 993. The van der Waals surface area contributed by atoms with E-state index in [0.29, 0.717) is 23.0 Å². The lowest BCUT2D eigenvalue weighted by Crippen LogP contribution is -2.17. The Morgan fingerprint density at radius 3 is 3.08 bits per heavy atom. The second-order valence-electron chi connectivity index (χ2n) is 5.30. The van der Waals surface area contributed by atoms with E-state index in [4.69, 9.17) is 4.74 Å². The van der Waals surface area contributed by atoms with E-state index in [1.807, 2.05) is 13.0 Å². The third kappa shape index (κ3) is 3.92. The number of fused-ring (bicyclic) bond motifs is 1. The van der Waals surface area contributed by atoms with Crippen molar-refractivity contribution in [3.05, 3.63) is 69.7 Å². The zero-order valence-corrected chi connectivity index (χ0v) is 14.4. The number of nitrogens with zero attached hydrogens (tertiary/aromatic N) is 3. The lowest BCUT2D eigenvalue weighted by Gasteiger charge is -2.05. The van der Waals surface area contributed by atoms with Gasteiger partial charge in [0.05, 0.1) is 5.69 Å². The van der Waals surface area contributed by atoms with Gasteiger partial charge in [0.25, 0.3) is 5.56 Å². The molecule has 0 atom stereocenters. The molecule has 0 radical (unpaired) electrons. The van der Waals surface area contributed by atoms with E-state index in [0.717, 1.165) is 5.56 Å². The van der Waals surface area contributed by atoms with Crippen LogP contribution in [0.3, 0.4) is 0 Å². The zero-order valence-electron chi connectivity index (χ0n) is 13.6. The van der Waals surface area contributed by atoms with Crippen LogP contribution in [0.5, 0.6) is 0 Å². The number of nitrogens with one attached hydrogen (secondary N) is 1. The number of thiazole rings is 1. The molecule has 3 heterocycles. The standard InChI is InChI=1S/C17H16N4O3S/c1-3-6-18-17-20-13(10-25-17)16(23)24-9-12-7-15(22)21-8-11(2)4-5-14(21)19-12/h3-5,7-8,10H,1,6,9H2,2H3,(H,18,20). The van der Waals surface area contributed by atoms with Crippen molar-refractivity contribution in [2.45, 2.75) is 13.5 Å². The van der Waals surface area contributed by atoms with Crippen LogP contribution < -0.4 is 10.9 Å². The molecule has 0 bridgehead atoms. The molecular formula is C17H16N4O3S. The number of esters is 1. The van der Waals surface area contributed by atoms with Crippen LogP contribution in [0, 0.1) is 6.92 Å². The van der Waals surface area contributed by atoms with Crippen molar-refractivity contribution in [1.29, 1.82) is 0 Å². The Kier molecular flexibility index (Phi) is 4.90. The SMILES string of the molecule is C=CCNc1nc(C(=O)OCc2cc(=O)n3cc(C)ccc3n2)cs1. The fourth-order valence-corrected chi connectivity index (χ4v) is 2.84. The molecular weight excluding hydrogens is 340 g/mol. The van der Waals surface area contributed by atoms with Crippen LogP contribution in [0.1, 0.15) is 21.7 Å². The van der Waals surface area contributed by atoms with Crippen molar-refractivity contribution in [3.8, 4) is 0 Å². The van der Waals surface area contributed by atoms with E-state index in [9.17, 15) is 9.59 Å². The molecule has 128 valence electrons. The average Bonchev–Trinajstić information content (AvgIpc) is 3.07. The van der Waals surface area contributed by atoms with Gasteiger partial charge in [-0.05, 0) is 18.6 Å². The second-order valence-corrected chi connectivity index (χ2v) is 6.16. The first kappa shape index (κ1) is 16.8. The summed E-state index contributed by atoms with van der Waals surface area (Å²) in [6.45, 7) is 5.97. The summed E-state index contributed by atoms with van der Waals surface area (Å²) >= 11 is 1.31. The van der Waals surface area contributed by atoms with Crippen LogP contribution in [0.15, 0.2) is 47.2 Å². The van der Waals surface area contributed by atoms with Crippen molar-refractivity contribution < 1.29 is 9.53 Å². The van der Waals surface area contributed by atoms with Crippen molar-refractivity contribution in [2.24, 2.45) is 0 Å². The summed E-state index contributed by atoms with van der Waals surface area (Å²) < 4.78 is 6.66. The number of aromatic nitrogens is 3. The lowest BCUT2D eigenvalue weighted by atomic mass is 10.3. The predicted octanol–water partition coefficient (Wildman–Crippen LogP) is 2.41. The first-order valence-corrected chi connectivity index (χ1v) is 8.41. The van der Waals surface area contributed by atoms with Gasteiger partial charge in [-0.3, -0.25) is 9.20 Å². The van der Waals surface area contributed by atoms with Crippen molar-refractivity contribution >= 4 is 28.1 Å². The highest BCUT2D eigenvalue weighted by molar-refractivity contribution is 7.13. The summed E-state index contributed by atoms with van der Waals surface area (Å²) in [4.78, 5) is 32.7. The van der Waals surface area contributed by atoms with Gasteiger partial charge in [-0.25, -0.2) is 14.8 Å². The molecule has 8 heteroatoms. The molecule has 25 heavy (non-hydrogen) atoms. The third-order valence-electron chi connectivity index (χ3n) is 3.32. The number of rotatable bonds is 6. The number of hydrogen-bond donors (Lipinski definition) is 1.